The maximum Gasteiger partial charge on any atom is 0.475 e. The highest BCUT2D eigenvalue weighted by atomic mass is 32.2. The molecule has 7 nitrogen and oxygen atoms in total. The zero-order valence-electron chi connectivity index (χ0n) is 18.7. The summed E-state index contributed by atoms with van der Waals surface area (Å²) >= 11 is 0. The van der Waals surface area contributed by atoms with E-state index in [9.17, 15) is 13.0 Å². The topological polar surface area (TPSA) is 82.1 Å². The zero-order valence-corrected chi connectivity index (χ0v) is 19.4. The normalized spacial score (nSPS) is 15.6. The SMILES string of the molecule is [2H]/C(=C\C1CC1)CN(CC#CCOP(=O)(OCC)OCC)S(=O)(=O)c1ccc(C)cc1. The van der Waals surface area contributed by atoms with Gasteiger partial charge >= 0.3 is 7.82 Å². The van der Waals surface area contributed by atoms with Gasteiger partial charge in [-0.15, -0.1) is 0 Å². The van der Waals surface area contributed by atoms with Crippen molar-refractivity contribution in [3.63, 3.8) is 0 Å². The van der Waals surface area contributed by atoms with Gasteiger partial charge in [-0.25, -0.2) is 13.0 Å². The second-order valence-electron chi connectivity index (χ2n) is 6.70. The standard InChI is InChI=1S/C21H30NO6PS/c1-4-26-29(23,27-5-2)28-18-7-6-16-22(17-8-9-20-12-13-20)30(24,25)21-14-10-19(3)11-15-21/h8-11,14-15,20H,4-5,12-13,16-18H2,1-3H3/b9-8+/i8D. The number of allylic oxidation sites excluding steroid dienone is 1. The molecule has 9 heteroatoms. The fourth-order valence-corrected chi connectivity index (χ4v) is 4.74. The van der Waals surface area contributed by atoms with Crippen molar-refractivity contribution in [2.24, 2.45) is 5.92 Å². The molecule has 1 aliphatic carbocycles. The largest absolute Gasteiger partial charge is 0.475 e. The smallest absolute Gasteiger partial charge is 0.287 e. The predicted octanol–water partition coefficient (Wildman–Crippen LogP) is 4.15. The number of nitrogens with zero attached hydrogens (tertiary/aromatic N) is 1. The summed E-state index contributed by atoms with van der Waals surface area (Å²) in [5, 5.41) is 0. The number of hydrogen-bond acceptors (Lipinski definition) is 6. The fraction of sp³-hybridized carbons (Fsp3) is 0.524. The maximum atomic E-state index is 13.1. The summed E-state index contributed by atoms with van der Waals surface area (Å²) in [5.74, 6) is 5.75. The zero-order chi connectivity index (χ0) is 22.9. The molecule has 0 radical (unpaired) electrons. The van der Waals surface area contributed by atoms with Crippen molar-refractivity contribution in [1.82, 2.24) is 4.31 Å². The van der Waals surface area contributed by atoms with Crippen LogP contribution in [0, 0.1) is 24.7 Å². The third-order valence-electron chi connectivity index (χ3n) is 4.15. The van der Waals surface area contributed by atoms with Crippen LogP contribution in [-0.2, 0) is 28.2 Å². The van der Waals surface area contributed by atoms with Crippen molar-refractivity contribution in [2.45, 2.75) is 38.5 Å². The third-order valence-corrected chi connectivity index (χ3v) is 7.55. The van der Waals surface area contributed by atoms with E-state index in [4.69, 9.17) is 14.9 Å². The molecule has 1 saturated carbocycles. The highest BCUT2D eigenvalue weighted by Gasteiger charge is 2.25. The van der Waals surface area contributed by atoms with Crippen LogP contribution in [0.15, 0.2) is 41.3 Å². The van der Waals surface area contributed by atoms with Crippen LogP contribution in [0.4, 0.5) is 0 Å². The molecule has 0 amide bonds. The highest BCUT2D eigenvalue weighted by molar-refractivity contribution is 7.89. The molecule has 1 aromatic rings. The second-order valence-corrected chi connectivity index (χ2v) is 10.3. The van der Waals surface area contributed by atoms with E-state index in [1.807, 2.05) is 6.92 Å². The van der Waals surface area contributed by atoms with Gasteiger partial charge in [0.15, 0.2) is 0 Å². The lowest BCUT2D eigenvalue weighted by atomic mass is 10.2. The van der Waals surface area contributed by atoms with Gasteiger partial charge in [-0.1, -0.05) is 41.7 Å². The molecule has 1 aliphatic rings. The van der Waals surface area contributed by atoms with Crippen molar-refractivity contribution in [1.29, 1.82) is 0 Å². The molecule has 0 bridgehead atoms. The van der Waals surface area contributed by atoms with E-state index in [0.29, 0.717) is 5.92 Å². The number of hydrogen-bond donors (Lipinski definition) is 0. The molecule has 0 atom stereocenters. The van der Waals surface area contributed by atoms with Gasteiger partial charge < -0.3 is 0 Å². The lowest BCUT2D eigenvalue weighted by molar-refractivity contribution is 0.132. The molecule has 166 valence electrons. The first-order valence-electron chi connectivity index (χ1n) is 10.4. The average molecular weight is 457 g/mol. The molecular weight excluding hydrogens is 425 g/mol. The molecular formula is C21H30NO6PS. The summed E-state index contributed by atoms with van der Waals surface area (Å²) in [6.45, 7) is 5.10. The van der Waals surface area contributed by atoms with Crippen molar-refractivity contribution in [3.05, 3.63) is 42.0 Å². The Morgan fingerprint density at radius 3 is 2.37 bits per heavy atom. The molecule has 0 heterocycles. The van der Waals surface area contributed by atoms with E-state index in [2.05, 4.69) is 11.8 Å². The van der Waals surface area contributed by atoms with Gasteiger partial charge in [0.05, 0.1) is 26.0 Å². The number of benzene rings is 1. The Bertz CT molecular complexity index is 954. The minimum absolute atomic E-state index is 0.0708. The monoisotopic (exact) mass is 456 g/mol. The van der Waals surface area contributed by atoms with Crippen LogP contribution in [0.25, 0.3) is 0 Å². The van der Waals surface area contributed by atoms with Crippen LogP contribution in [0.1, 0.15) is 33.6 Å². The summed E-state index contributed by atoms with van der Waals surface area (Å²) in [6, 6.07) is 6.79. The lowest BCUT2D eigenvalue weighted by Gasteiger charge is -2.18. The van der Waals surface area contributed by atoms with E-state index in [1.165, 1.54) is 0 Å². The first-order valence-corrected chi connectivity index (χ1v) is 12.8. The quantitative estimate of drug-likeness (QED) is 0.267. The van der Waals surface area contributed by atoms with E-state index >= 15 is 0 Å². The Morgan fingerprint density at radius 2 is 1.80 bits per heavy atom. The fourth-order valence-electron chi connectivity index (χ4n) is 2.40. The van der Waals surface area contributed by atoms with E-state index in [-0.39, 0.29) is 43.9 Å². The van der Waals surface area contributed by atoms with Gasteiger partial charge in [0.25, 0.3) is 0 Å². The predicted molar refractivity (Wildman–Crippen MR) is 116 cm³/mol. The van der Waals surface area contributed by atoms with Crippen LogP contribution in [-0.4, -0.2) is 45.6 Å². The molecule has 0 N–H and O–H groups in total. The molecule has 30 heavy (non-hydrogen) atoms. The summed E-state index contributed by atoms with van der Waals surface area (Å²) in [7, 11) is -7.51. The van der Waals surface area contributed by atoms with Crippen LogP contribution in [0.2, 0.25) is 0 Å². The third kappa shape index (κ3) is 7.99. The minimum atomic E-state index is -3.84. The van der Waals surface area contributed by atoms with Crippen LogP contribution in [0.5, 0.6) is 0 Å². The van der Waals surface area contributed by atoms with Gasteiger partial charge in [0.2, 0.25) is 10.0 Å². The molecule has 0 aromatic heterocycles. The lowest BCUT2D eigenvalue weighted by Crippen LogP contribution is -2.31. The van der Waals surface area contributed by atoms with Crippen molar-refractivity contribution >= 4 is 17.8 Å². The molecule has 0 saturated heterocycles. The van der Waals surface area contributed by atoms with Gasteiger partial charge in [-0.05, 0) is 51.7 Å². The van der Waals surface area contributed by atoms with Crippen molar-refractivity contribution < 1.29 is 27.9 Å². The Morgan fingerprint density at radius 1 is 1.17 bits per heavy atom. The van der Waals surface area contributed by atoms with E-state index < -0.39 is 17.8 Å². The number of aryl methyl sites for hydroxylation is 1. The van der Waals surface area contributed by atoms with Crippen LogP contribution >= 0.6 is 7.82 Å². The van der Waals surface area contributed by atoms with Crippen LogP contribution in [0.3, 0.4) is 0 Å². The van der Waals surface area contributed by atoms with Gasteiger partial charge in [-0.3, -0.25) is 13.6 Å². The maximum absolute atomic E-state index is 13.1. The number of phosphoric ester groups is 1. The summed E-state index contributed by atoms with van der Waals surface area (Å²) in [4.78, 5) is 0.146. The summed E-state index contributed by atoms with van der Waals surface area (Å²) in [5.41, 5.74) is 0.949. The Kier molecular flexibility index (Phi) is 9.13. The first-order chi connectivity index (χ1) is 14.7. The highest BCUT2D eigenvalue weighted by Crippen LogP contribution is 2.48. The molecule has 1 aromatic carbocycles. The molecule has 0 spiro atoms. The second kappa shape index (κ2) is 11.8. The first kappa shape index (κ1) is 23.2. The summed E-state index contributed by atoms with van der Waals surface area (Å²) < 4.78 is 63.0. The van der Waals surface area contributed by atoms with Gasteiger partial charge in [-0.2, -0.15) is 4.31 Å². The Hall–Kier alpha value is -1.46. The Balaban J connectivity index is 2.11. The molecule has 1 fully saturated rings. The van der Waals surface area contributed by atoms with E-state index in [1.54, 1.807) is 44.2 Å². The number of rotatable bonds is 12. The number of sulfonamides is 1. The van der Waals surface area contributed by atoms with Crippen molar-refractivity contribution in [2.75, 3.05) is 32.9 Å². The Labute approximate surface area is 181 Å². The van der Waals surface area contributed by atoms with E-state index in [0.717, 1.165) is 22.7 Å². The van der Waals surface area contributed by atoms with Crippen molar-refractivity contribution in [3.8, 4) is 11.8 Å². The summed E-state index contributed by atoms with van der Waals surface area (Å²) in [6.07, 6.45) is 3.86. The molecule has 0 unspecified atom stereocenters. The minimum Gasteiger partial charge on any atom is -0.287 e. The van der Waals surface area contributed by atoms with Crippen LogP contribution < -0.4 is 0 Å². The average Bonchev–Trinajstić information content (AvgIpc) is 3.51. The molecule has 0 aliphatic heterocycles. The van der Waals surface area contributed by atoms with Gasteiger partial charge in [0, 0.05) is 6.54 Å². The molecule has 2 rings (SSSR count). The van der Waals surface area contributed by atoms with Gasteiger partial charge in [0.1, 0.15) is 6.61 Å². The number of phosphoric acid groups is 1.